The minimum Gasteiger partial charge on any atom is -0.386 e. The summed E-state index contributed by atoms with van der Waals surface area (Å²) in [6.45, 7) is 10.0. The second kappa shape index (κ2) is 14.8. The maximum atomic E-state index is 14.4. The van der Waals surface area contributed by atoms with E-state index >= 15 is 0 Å². The Bertz CT molecular complexity index is 1230. The Morgan fingerprint density at radius 2 is 1.74 bits per heavy atom. The molecule has 1 saturated heterocycles. The van der Waals surface area contributed by atoms with Crippen LogP contribution in [-0.4, -0.2) is 75.9 Å². The van der Waals surface area contributed by atoms with Gasteiger partial charge in [0.25, 0.3) is 5.78 Å². The Labute approximate surface area is 273 Å². The molecular formula is C35H56N5O6+. The standard InChI is InChI=1S/C35H55N5O6/c1-21(2)24-19-26(31(44)37-25(18-22-14-15-22)27(41)30(36)43)40(20-24)32(45)28(34(3,4)5)38-33(46)39-35(16-10-7-11-17-35)29(42)23-12-8-6-9-13-23/h6,8,12,21-22,24-26,28-29,42H,7,9-11,13-20H2,1-5H3,(H2,36,43)(H,37,44)(H2,38,39,46)/p+1/t24-,25?,26?,28?,29?/m1/s1. The van der Waals surface area contributed by atoms with Crippen LogP contribution in [0.1, 0.15) is 105 Å². The van der Waals surface area contributed by atoms with Crippen LogP contribution in [0.2, 0.25) is 0 Å². The number of nitrogens with one attached hydrogen (secondary N) is 3. The largest absolute Gasteiger partial charge is 0.386 e. The number of amides is 5. The van der Waals surface area contributed by atoms with Crippen molar-refractivity contribution in [2.45, 2.75) is 135 Å². The second-order valence-corrected chi connectivity index (χ2v) is 15.5. The lowest BCUT2D eigenvalue weighted by atomic mass is 9.74. The molecule has 0 aromatic heterocycles. The highest BCUT2D eigenvalue weighted by Crippen LogP contribution is 2.37. The molecule has 0 spiro atoms. The van der Waals surface area contributed by atoms with Crippen molar-refractivity contribution >= 4 is 29.5 Å². The molecule has 1 aliphatic heterocycles. The summed E-state index contributed by atoms with van der Waals surface area (Å²) >= 11 is 0. The smallest absolute Gasteiger partial charge is 0.379 e. The molecule has 256 valence electrons. The van der Waals surface area contributed by atoms with E-state index in [1.165, 1.54) is 0 Å². The van der Waals surface area contributed by atoms with Crippen LogP contribution in [0.4, 0.5) is 4.79 Å². The highest BCUT2D eigenvalue weighted by atomic mass is 16.3. The minimum atomic E-state index is -0.964. The predicted molar refractivity (Wildman–Crippen MR) is 174 cm³/mol. The average molecular weight is 643 g/mol. The zero-order chi connectivity index (χ0) is 33.8. The van der Waals surface area contributed by atoms with Crippen LogP contribution >= 0.6 is 0 Å². The summed E-state index contributed by atoms with van der Waals surface area (Å²) in [5.41, 5.74) is 2.62. The van der Waals surface area contributed by atoms with Crippen LogP contribution < -0.4 is 21.7 Å². The maximum absolute atomic E-state index is 14.4. The summed E-state index contributed by atoms with van der Waals surface area (Å²) in [5, 5.41) is 20.4. The summed E-state index contributed by atoms with van der Waals surface area (Å²) in [6.07, 6.45) is 13.4. The molecule has 7 N–H and O–H groups in total. The van der Waals surface area contributed by atoms with Crippen molar-refractivity contribution in [3.8, 4) is 0 Å². The number of aliphatic hydroxyl groups is 1. The summed E-state index contributed by atoms with van der Waals surface area (Å²) in [6, 6.07) is -3.29. The molecule has 0 bridgehead atoms. The maximum Gasteiger partial charge on any atom is 0.379 e. The van der Waals surface area contributed by atoms with Crippen molar-refractivity contribution in [1.82, 2.24) is 20.9 Å². The van der Waals surface area contributed by atoms with E-state index < -0.39 is 58.8 Å². The van der Waals surface area contributed by atoms with E-state index in [4.69, 9.17) is 0 Å². The molecule has 11 nitrogen and oxygen atoms in total. The van der Waals surface area contributed by atoms with Gasteiger partial charge in [0.2, 0.25) is 11.8 Å². The molecule has 3 fully saturated rings. The summed E-state index contributed by atoms with van der Waals surface area (Å²) < 4.78 is 0. The lowest BCUT2D eigenvalue weighted by Gasteiger charge is -2.44. The van der Waals surface area contributed by atoms with Crippen molar-refractivity contribution in [3.63, 3.8) is 0 Å². The molecular weight excluding hydrogens is 586 g/mol. The van der Waals surface area contributed by atoms with E-state index in [1.54, 1.807) is 4.90 Å². The van der Waals surface area contributed by atoms with Gasteiger partial charge in [-0.25, -0.2) is 9.59 Å². The molecule has 4 aliphatic rings. The van der Waals surface area contributed by atoms with Crippen LogP contribution in [0.15, 0.2) is 23.8 Å². The molecule has 0 aromatic rings. The average Bonchev–Trinajstić information content (AvgIpc) is 3.71. The Hall–Kier alpha value is -3.05. The number of aliphatic hydroxyl groups excluding tert-OH is 1. The van der Waals surface area contributed by atoms with E-state index in [0.717, 1.165) is 50.5 Å². The topological polar surface area (TPSA) is 173 Å². The van der Waals surface area contributed by atoms with Crippen LogP contribution in [0.5, 0.6) is 0 Å². The number of Topliss-reactive ketones (excluding diaryl/α,β-unsaturated/α-hetero) is 1. The van der Waals surface area contributed by atoms with Crippen LogP contribution in [0, 0.1) is 23.2 Å². The number of urea groups is 1. The highest BCUT2D eigenvalue weighted by Gasteiger charge is 2.48. The lowest BCUT2D eigenvalue weighted by molar-refractivity contribution is -0.300. The first-order valence-corrected chi connectivity index (χ1v) is 17.3. The van der Waals surface area contributed by atoms with Crippen LogP contribution in [-0.2, 0) is 19.2 Å². The fourth-order valence-electron chi connectivity index (χ4n) is 7.29. The number of quaternary nitrogens is 1. The number of hydrogen-bond acceptors (Lipinski definition) is 6. The lowest BCUT2D eigenvalue weighted by Crippen LogP contribution is -2.66. The number of rotatable bonds is 12. The number of carbonyl (C=O) groups is 5. The van der Waals surface area contributed by atoms with Gasteiger partial charge in [-0.15, -0.1) is 0 Å². The van der Waals surface area contributed by atoms with Crippen molar-refractivity contribution < 1.29 is 34.8 Å². The van der Waals surface area contributed by atoms with E-state index in [2.05, 4.69) is 27.8 Å². The molecule has 46 heavy (non-hydrogen) atoms. The molecule has 0 aromatic carbocycles. The van der Waals surface area contributed by atoms with Gasteiger partial charge in [-0.1, -0.05) is 85.0 Å². The molecule has 0 radical (unpaired) electrons. The van der Waals surface area contributed by atoms with E-state index in [0.29, 0.717) is 32.2 Å². The van der Waals surface area contributed by atoms with Gasteiger partial charge in [0.05, 0.1) is 11.6 Å². The van der Waals surface area contributed by atoms with Crippen LogP contribution in [0.3, 0.4) is 0 Å². The van der Waals surface area contributed by atoms with Gasteiger partial charge >= 0.3 is 11.9 Å². The Kier molecular flexibility index (Phi) is 11.5. The van der Waals surface area contributed by atoms with Gasteiger partial charge in [-0.3, -0.25) is 20.1 Å². The third kappa shape index (κ3) is 8.64. The fourth-order valence-corrected chi connectivity index (χ4v) is 7.29. The molecule has 5 amide bonds. The third-order valence-corrected chi connectivity index (χ3v) is 10.5. The number of nitrogens with zero attached hydrogens (tertiary/aromatic N) is 1. The summed E-state index contributed by atoms with van der Waals surface area (Å²) in [5.74, 6) is -1.88. The Balaban J connectivity index is 1.54. The zero-order valence-electron chi connectivity index (χ0n) is 28.4. The highest BCUT2D eigenvalue weighted by molar-refractivity contribution is 6.34. The monoisotopic (exact) mass is 642 g/mol. The van der Waals surface area contributed by atoms with Gasteiger partial charge in [-0.05, 0) is 67.3 Å². The van der Waals surface area contributed by atoms with Crippen LogP contribution in [0.25, 0.3) is 0 Å². The van der Waals surface area contributed by atoms with Gasteiger partial charge in [0.15, 0.2) is 0 Å². The molecule has 1 heterocycles. The molecule has 5 atom stereocenters. The number of likely N-dealkylation sites (tertiary alicyclic amines) is 1. The first kappa shape index (κ1) is 35.8. The van der Waals surface area contributed by atoms with E-state index in [1.807, 2.05) is 46.8 Å². The molecule has 4 rings (SSSR count). The molecule has 4 unspecified atom stereocenters. The zero-order valence-corrected chi connectivity index (χ0v) is 28.4. The van der Waals surface area contributed by atoms with Gasteiger partial charge in [-0.2, -0.15) is 0 Å². The first-order chi connectivity index (χ1) is 21.6. The molecule has 2 saturated carbocycles. The number of carbonyl (C=O) groups excluding carboxylic acids is 5. The second-order valence-electron chi connectivity index (χ2n) is 15.5. The van der Waals surface area contributed by atoms with Crippen molar-refractivity contribution in [3.05, 3.63) is 23.8 Å². The first-order valence-electron chi connectivity index (χ1n) is 17.3. The SMILES string of the molecule is CC(C)[C@@H]1CC(C(=O)NC(CC2CC2)C(=O)C([NH3+])=O)N(C(=O)C(NC(=O)NC2(C(O)C3=CC=CCC3)CCCCC2)C(C)(C)C)C1. The Morgan fingerprint density at radius 1 is 1.07 bits per heavy atom. The third-order valence-electron chi connectivity index (χ3n) is 10.5. The number of hydrogen-bond donors (Lipinski definition) is 5. The molecule has 3 aliphatic carbocycles. The van der Waals surface area contributed by atoms with Crippen molar-refractivity contribution in [1.29, 1.82) is 0 Å². The fraction of sp³-hybridized carbons (Fsp3) is 0.743. The van der Waals surface area contributed by atoms with Crippen molar-refractivity contribution in [2.24, 2.45) is 23.2 Å². The van der Waals surface area contributed by atoms with Crippen molar-refractivity contribution in [2.75, 3.05) is 6.54 Å². The number of ketones is 1. The van der Waals surface area contributed by atoms with Gasteiger partial charge in [0, 0.05) is 6.54 Å². The predicted octanol–water partition coefficient (Wildman–Crippen LogP) is 2.54. The van der Waals surface area contributed by atoms with E-state index in [-0.39, 0.29) is 23.7 Å². The van der Waals surface area contributed by atoms with Gasteiger partial charge in [0.1, 0.15) is 18.1 Å². The van der Waals surface area contributed by atoms with E-state index in [9.17, 15) is 29.1 Å². The quantitative estimate of drug-likeness (QED) is 0.205. The normalized spacial score (nSPS) is 24.9. The molecule has 11 heteroatoms. The summed E-state index contributed by atoms with van der Waals surface area (Å²) in [7, 11) is 0. The Morgan fingerprint density at radius 3 is 2.28 bits per heavy atom. The van der Waals surface area contributed by atoms with Gasteiger partial charge < -0.3 is 26.0 Å². The number of allylic oxidation sites excluding steroid dienone is 3. The summed E-state index contributed by atoms with van der Waals surface area (Å²) in [4.78, 5) is 68.0. The minimum absolute atomic E-state index is 0.0414.